The van der Waals surface area contributed by atoms with Crippen molar-refractivity contribution in [3.05, 3.63) is 109 Å². The Kier molecular flexibility index (Phi) is 8.02. The molecule has 2 aromatic heterocycles. The molecule has 3 heterocycles. The predicted octanol–water partition coefficient (Wildman–Crippen LogP) is 4.24. The van der Waals surface area contributed by atoms with Crippen LogP contribution in [0.15, 0.2) is 86.1 Å². The fourth-order valence-corrected chi connectivity index (χ4v) is 5.68. The second-order valence-corrected chi connectivity index (χ2v) is 10.1. The lowest BCUT2D eigenvalue weighted by Crippen LogP contribution is -2.39. The lowest BCUT2D eigenvalue weighted by atomic mass is 9.96. The summed E-state index contributed by atoms with van der Waals surface area (Å²) in [5.41, 5.74) is 2.30. The van der Waals surface area contributed by atoms with Crippen LogP contribution >= 0.6 is 11.3 Å². The number of hydrogen-bond acceptors (Lipinski definition) is 9. The summed E-state index contributed by atoms with van der Waals surface area (Å²) in [7, 11) is 1.33. The topological polar surface area (TPSA) is 109 Å². The molecule has 2 aromatic carbocycles. The van der Waals surface area contributed by atoms with Crippen LogP contribution in [0.3, 0.4) is 0 Å². The Morgan fingerprint density at radius 2 is 1.83 bits per heavy atom. The van der Waals surface area contributed by atoms with E-state index in [1.807, 2.05) is 37.3 Å². The third kappa shape index (κ3) is 5.51. The van der Waals surface area contributed by atoms with E-state index in [9.17, 15) is 14.4 Å². The van der Waals surface area contributed by atoms with Crippen LogP contribution in [0.1, 0.15) is 48.5 Å². The Labute approximate surface area is 239 Å². The van der Waals surface area contributed by atoms with Crippen LogP contribution in [0.4, 0.5) is 0 Å². The van der Waals surface area contributed by atoms with Crippen molar-refractivity contribution < 1.29 is 28.2 Å². The first-order valence-corrected chi connectivity index (χ1v) is 13.9. The van der Waals surface area contributed by atoms with Crippen LogP contribution in [0, 0.1) is 0 Å². The van der Waals surface area contributed by atoms with Gasteiger partial charge in [0.2, 0.25) is 0 Å². The van der Waals surface area contributed by atoms with Gasteiger partial charge in [0.1, 0.15) is 17.3 Å². The van der Waals surface area contributed by atoms with Gasteiger partial charge in [-0.15, -0.1) is 0 Å². The standard InChI is InChI=1S/C31H28N2O7S/c1-5-38-22-12-10-19(11-13-22)27-26(30(36)39-6-2)18(3)32-31-33(27)28(34)25(41-31)17-23-14-15-24(40-23)20-8-7-9-21(16-20)29(35)37-4/h7-17,27H,5-6H2,1-4H3/b25-17-/t27-/m0/s1. The molecule has 0 saturated heterocycles. The predicted molar refractivity (Wildman–Crippen MR) is 153 cm³/mol. The number of rotatable bonds is 8. The van der Waals surface area contributed by atoms with Crippen molar-refractivity contribution in [1.82, 2.24) is 4.57 Å². The molecule has 0 amide bonds. The molecule has 0 fully saturated rings. The maximum Gasteiger partial charge on any atom is 0.338 e. The van der Waals surface area contributed by atoms with Crippen LogP contribution in [0.5, 0.6) is 5.75 Å². The fourth-order valence-electron chi connectivity index (χ4n) is 4.65. The first kappa shape index (κ1) is 27.9. The zero-order valence-corrected chi connectivity index (χ0v) is 23.8. The van der Waals surface area contributed by atoms with Gasteiger partial charge in [0.25, 0.3) is 5.56 Å². The maximum atomic E-state index is 13.8. The summed E-state index contributed by atoms with van der Waals surface area (Å²) in [4.78, 5) is 43.9. The lowest BCUT2D eigenvalue weighted by molar-refractivity contribution is -0.139. The second kappa shape index (κ2) is 11.8. The number of carbonyl (C=O) groups excluding carboxylic acids is 2. The molecule has 0 aliphatic carbocycles. The number of fused-ring (bicyclic) bond motifs is 1. The Balaban J connectivity index is 1.58. The van der Waals surface area contributed by atoms with Gasteiger partial charge in [-0.3, -0.25) is 9.36 Å². The van der Waals surface area contributed by atoms with Gasteiger partial charge in [0.15, 0.2) is 4.80 Å². The summed E-state index contributed by atoms with van der Waals surface area (Å²) in [5, 5.41) is 0. The normalized spacial score (nSPS) is 14.8. The van der Waals surface area contributed by atoms with Gasteiger partial charge in [0, 0.05) is 11.6 Å². The van der Waals surface area contributed by atoms with Crippen LogP contribution in [0.2, 0.25) is 0 Å². The Hall–Kier alpha value is -4.70. The summed E-state index contributed by atoms with van der Waals surface area (Å²) in [6.45, 7) is 6.09. The SMILES string of the molecule is CCOC(=O)C1=C(C)N=c2s/c(=C\c3ccc(-c4cccc(C(=O)OC)c4)o3)c(=O)n2[C@H]1c1ccc(OCC)cc1. The molecule has 210 valence electrons. The van der Waals surface area contributed by atoms with Gasteiger partial charge in [-0.1, -0.05) is 35.6 Å². The zero-order valence-electron chi connectivity index (χ0n) is 23.0. The molecule has 1 atom stereocenters. The van der Waals surface area contributed by atoms with Crippen LogP contribution in [0.25, 0.3) is 17.4 Å². The number of benzene rings is 2. The summed E-state index contributed by atoms with van der Waals surface area (Å²) in [6.07, 6.45) is 1.65. The number of nitrogens with zero attached hydrogens (tertiary/aromatic N) is 2. The average Bonchev–Trinajstić information content (AvgIpc) is 3.57. The first-order valence-electron chi connectivity index (χ1n) is 13.1. The van der Waals surface area contributed by atoms with Gasteiger partial charge in [0.05, 0.1) is 47.7 Å². The Bertz CT molecular complexity index is 1830. The third-order valence-corrected chi connectivity index (χ3v) is 7.48. The van der Waals surface area contributed by atoms with Gasteiger partial charge < -0.3 is 18.6 Å². The van der Waals surface area contributed by atoms with E-state index in [4.69, 9.17) is 18.6 Å². The van der Waals surface area contributed by atoms with Gasteiger partial charge >= 0.3 is 11.9 Å². The van der Waals surface area contributed by atoms with E-state index >= 15 is 0 Å². The highest BCUT2D eigenvalue weighted by molar-refractivity contribution is 7.07. The number of furan rings is 1. The average molecular weight is 573 g/mol. The lowest BCUT2D eigenvalue weighted by Gasteiger charge is -2.24. The highest BCUT2D eigenvalue weighted by atomic mass is 32.1. The number of methoxy groups -OCH3 is 1. The van der Waals surface area contributed by atoms with Crippen LogP contribution in [-0.4, -0.2) is 36.8 Å². The molecule has 10 heteroatoms. The fraction of sp³-hybridized carbons (Fsp3) is 0.226. The van der Waals surface area contributed by atoms with Crippen molar-refractivity contribution in [3.8, 4) is 17.1 Å². The van der Waals surface area contributed by atoms with Crippen molar-refractivity contribution in [2.75, 3.05) is 20.3 Å². The van der Waals surface area contributed by atoms with E-state index in [2.05, 4.69) is 4.99 Å². The molecular formula is C31H28N2O7S. The Morgan fingerprint density at radius 1 is 1.05 bits per heavy atom. The number of hydrogen-bond donors (Lipinski definition) is 0. The van der Waals surface area contributed by atoms with Crippen LogP contribution in [-0.2, 0) is 14.3 Å². The van der Waals surface area contributed by atoms with E-state index in [1.54, 1.807) is 50.3 Å². The number of aromatic nitrogens is 1. The molecular weight excluding hydrogens is 544 g/mol. The third-order valence-electron chi connectivity index (χ3n) is 6.49. The number of thiazole rings is 1. The van der Waals surface area contributed by atoms with E-state index in [-0.39, 0.29) is 12.2 Å². The molecule has 0 spiro atoms. The quantitative estimate of drug-likeness (QED) is 0.291. The monoisotopic (exact) mass is 572 g/mol. The number of carbonyl (C=O) groups is 2. The van der Waals surface area contributed by atoms with Gasteiger partial charge in [-0.05, 0) is 62.7 Å². The van der Waals surface area contributed by atoms with Crippen LogP contribution < -0.4 is 19.6 Å². The molecule has 5 rings (SSSR count). The maximum absolute atomic E-state index is 13.8. The molecule has 1 aliphatic heterocycles. The van der Waals surface area contributed by atoms with E-state index in [0.717, 1.165) is 5.56 Å². The van der Waals surface area contributed by atoms with Crippen molar-refractivity contribution in [3.63, 3.8) is 0 Å². The first-order chi connectivity index (χ1) is 19.8. The highest BCUT2D eigenvalue weighted by Gasteiger charge is 2.33. The molecule has 9 nitrogen and oxygen atoms in total. The zero-order chi connectivity index (χ0) is 29.1. The molecule has 1 aliphatic rings. The number of esters is 2. The van der Waals surface area contributed by atoms with E-state index in [0.29, 0.717) is 55.6 Å². The van der Waals surface area contributed by atoms with Crippen molar-refractivity contribution in [2.45, 2.75) is 26.8 Å². The molecule has 0 N–H and O–H groups in total. The van der Waals surface area contributed by atoms with Crippen molar-refractivity contribution in [2.24, 2.45) is 4.99 Å². The smallest absolute Gasteiger partial charge is 0.338 e. The molecule has 0 radical (unpaired) electrons. The summed E-state index contributed by atoms with van der Waals surface area (Å²) < 4.78 is 23.7. The molecule has 41 heavy (non-hydrogen) atoms. The molecule has 0 unspecified atom stereocenters. The minimum Gasteiger partial charge on any atom is -0.494 e. The van der Waals surface area contributed by atoms with Gasteiger partial charge in [-0.2, -0.15) is 0 Å². The van der Waals surface area contributed by atoms with Crippen molar-refractivity contribution >= 4 is 29.4 Å². The van der Waals surface area contributed by atoms with E-state index in [1.165, 1.54) is 23.0 Å². The second-order valence-electron chi connectivity index (χ2n) is 9.08. The Morgan fingerprint density at radius 3 is 2.54 bits per heavy atom. The summed E-state index contributed by atoms with van der Waals surface area (Å²) in [5.74, 6) is 0.703. The minimum absolute atomic E-state index is 0.194. The molecule has 0 saturated carbocycles. The highest BCUT2D eigenvalue weighted by Crippen LogP contribution is 2.32. The van der Waals surface area contributed by atoms with E-state index < -0.39 is 18.0 Å². The molecule has 0 bridgehead atoms. The molecule has 4 aromatic rings. The number of ether oxygens (including phenoxy) is 3. The largest absolute Gasteiger partial charge is 0.494 e. The summed E-state index contributed by atoms with van der Waals surface area (Å²) >= 11 is 1.21. The number of allylic oxidation sites excluding steroid dienone is 1. The minimum atomic E-state index is -0.726. The summed E-state index contributed by atoms with van der Waals surface area (Å²) in [6, 6.07) is 17.0. The van der Waals surface area contributed by atoms with Crippen molar-refractivity contribution in [1.29, 1.82) is 0 Å². The van der Waals surface area contributed by atoms with Gasteiger partial charge in [-0.25, -0.2) is 14.6 Å².